The number of hydrogen-bond acceptors (Lipinski definition) is 4. The molecule has 146 valence electrons. The Kier molecular flexibility index (Phi) is 7.02. The van der Waals surface area contributed by atoms with Crippen LogP contribution in [0.25, 0.3) is 0 Å². The first kappa shape index (κ1) is 21.4. The van der Waals surface area contributed by atoms with E-state index in [1.54, 1.807) is 19.2 Å². The molecule has 0 fully saturated rings. The lowest BCUT2D eigenvalue weighted by Gasteiger charge is -2.14. The molecular formula is C19H23BrN2O4S. The van der Waals surface area contributed by atoms with Crippen molar-refractivity contribution in [2.75, 3.05) is 27.7 Å². The second-order valence-electron chi connectivity index (χ2n) is 6.25. The molecule has 8 heteroatoms. The monoisotopic (exact) mass is 454 g/mol. The first-order valence-corrected chi connectivity index (χ1v) is 10.5. The van der Waals surface area contributed by atoms with Crippen molar-refractivity contribution in [3.8, 4) is 5.75 Å². The second-order valence-corrected chi connectivity index (χ2v) is 9.23. The summed E-state index contributed by atoms with van der Waals surface area (Å²) in [6.07, 6.45) is 0.607. The molecule has 0 aliphatic carbocycles. The van der Waals surface area contributed by atoms with E-state index in [1.807, 2.05) is 25.1 Å². The summed E-state index contributed by atoms with van der Waals surface area (Å²) in [6.45, 7) is 2.40. The number of carbonyl (C=O) groups excluding carboxylic acids is 1. The van der Waals surface area contributed by atoms with Gasteiger partial charge in [-0.2, -0.15) is 0 Å². The summed E-state index contributed by atoms with van der Waals surface area (Å²) in [6, 6.07) is 10.4. The maximum atomic E-state index is 12.5. The van der Waals surface area contributed by atoms with Crippen LogP contribution in [0.2, 0.25) is 0 Å². The fourth-order valence-corrected chi connectivity index (χ4v) is 4.40. The van der Waals surface area contributed by atoms with Crippen LogP contribution in [-0.2, 0) is 16.4 Å². The molecule has 0 aliphatic heterocycles. The molecule has 1 N–H and O–H groups in total. The average Bonchev–Trinajstić information content (AvgIpc) is 2.61. The number of halogens is 1. The zero-order valence-corrected chi connectivity index (χ0v) is 18.1. The van der Waals surface area contributed by atoms with Crippen LogP contribution in [0, 0.1) is 6.92 Å². The van der Waals surface area contributed by atoms with E-state index in [0.717, 1.165) is 21.2 Å². The molecule has 0 unspecified atom stereocenters. The molecule has 6 nitrogen and oxygen atoms in total. The van der Waals surface area contributed by atoms with E-state index >= 15 is 0 Å². The summed E-state index contributed by atoms with van der Waals surface area (Å²) >= 11 is 3.24. The van der Waals surface area contributed by atoms with Crippen molar-refractivity contribution >= 4 is 31.9 Å². The van der Waals surface area contributed by atoms with Gasteiger partial charge in [-0.25, -0.2) is 12.7 Å². The number of nitrogens with one attached hydrogen (secondary N) is 1. The van der Waals surface area contributed by atoms with E-state index in [1.165, 1.54) is 20.2 Å². The first-order valence-electron chi connectivity index (χ1n) is 8.30. The van der Waals surface area contributed by atoms with E-state index in [0.29, 0.717) is 17.4 Å². The molecular weight excluding hydrogens is 432 g/mol. The highest BCUT2D eigenvalue weighted by atomic mass is 79.9. The minimum Gasteiger partial charge on any atom is -0.496 e. The number of nitrogens with zero attached hydrogens (tertiary/aromatic N) is 1. The predicted molar refractivity (Wildman–Crippen MR) is 109 cm³/mol. The van der Waals surface area contributed by atoms with Crippen LogP contribution in [-0.4, -0.2) is 46.4 Å². The van der Waals surface area contributed by atoms with Gasteiger partial charge in [0.05, 0.1) is 12.0 Å². The smallest absolute Gasteiger partial charge is 0.251 e. The topological polar surface area (TPSA) is 75.7 Å². The molecule has 0 spiro atoms. The van der Waals surface area contributed by atoms with Crippen molar-refractivity contribution in [3.05, 3.63) is 57.6 Å². The van der Waals surface area contributed by atoms with E-state index in [-0.39, 0.29) is 16.4 Å². The highest BCUT2D eigenvalue weighted by Gasteiger charge is 2.22. The fourth-order valence-electron chi connectivity index (χ4n) is 2.55. The van der Waals surface area contributed by atoms with Gasteiger partial charge >= 0.3 is 0 Å². The Balaban J connectivity index is 2.12. The molecule has 2 aromatic rings. The zero-order chi connectivity index (χ0) is 20.2. The van der Waals surface area contributed by atoms with Gasteiger partial charge in [0.15, 0.2) is 0 Å². The molecule has 0 saturated heterocycles. The Morgan fingerprint density at radius 3 is 2.52 bits per heavy atom. The van der Waals surface area contributed by atoms with Crippen molar-refractivity contribution in [1.29, 1.82) is 0 Å². The maximum absolute atomic E-state index is 12.5. The van der Waals surface area contributed by atoms with Gasteiger partial charge in [0.25, 0.3) is 5.91 Å². The van der Waals surface area contributed by atoms with Gasteiger partial charge in [-0.05, 0) is 59.1 Å². The summed E-state index contributed by atoms with van der Waals surface area (Å²) in [7, 11) is 0.858. The number of benzene rings is 2. The largest absolute Gasteiger partial charge is 0.496 e. The van der Waals surface area contributed by atoms with Gasteiger partial charge in [-0.15, -0.1) is 0 Å². The molecule has 0 heterocycles. The molecule has 0 bridgehead atoms. The minimum atomic E-state index is -3.65. The molecule has 27 heavy (non-hydrogen) atoms. The van der Waals surface area contributed by atoms with Crippen molar-refractivity contribution in [2.45, 2.75) is 18.2 Å². The van der Waals surface area contributed by atoms with E-state index < -0.39 is 10.0 Å². The van der Waals surface area contributed by atoms with Crippen molar-refractivity contribution in [3.63, 3.8) is 0 Å². The summed E-state index contributed by atoms with van der Waals surface area (Å²) in [5, 5.41) is 2.83. The molecule has 0 atom stereocenters. The molecule has 0 saturated carbocycles. The van der Waals surface area contributed by atoms with E-state index in [2.05, 4.69) is 21.2 Å². The van der Waals surface area contributed by atoms with Crippen LogP contribution in [0.4, 0.5) is 0 Å². The van der Waals surface area contributed by atoms with Crippen molar-refractivity contribution < 1.29 is 17.9 Å². The van der Waals surface area contributed by atoms with Gasteiger partial charge in [0.2, 0.25) is 10.0 Å². The van der Waals surface area contributed by atoms with Crippen molar-refractivity contribution in [2.24, 2.45) is 0 Å². The lowest BCUT2D eigenvalue weighted by atomic mass is 10.1. The first-order chi connectivity index (χ1) is 12.7. The number of methoxy groups -OCH3 is 1. The Hall–Kier alpha value is -1.90. The second kappa shape index (κ2) is 8.86. The average molecular weight is 455 g/mol. The number of rotatable bonds is 7. The summed E-state index contributed by atoms with van der Waals surface area (Å²) in [4.78, 5) is 12.5. The zero-order valence-electron chi connectivity index (χ0n) is 15.7. The SMILES string of the molecule is COc1ccc(C)cc1CCNC(=O)c1ccc(Br)c(S(=O)(=O)N(C)C)c1. The van der Waals surface area contributed by atoms with Gasteiger partial charge in [-0.3, -0.25) is 4.79 Å². The Labute approximate surface area is 168 Å². The van der Waals surface area contributed by atoms with Gasteiger partial charge < -0.3 is 10.1 Å². The third-order valence-electron chi connectivity index (χ3n) is 4.07. The third kappa shape index (κ3) is 5.09. The minimum absolute atomic E-state index is 0.0560. The number of aryl methyl sites for hydroxylation is 1. The number of amides is 1. The normalized spacial score (nSPS) is 11.5. The Bertz CT molecular complexity index is 943. The third-order valence-corrected chi connectivity index (χ3v) is 6.88. The van der Waals surface area contributed by atoms with Crippen molar-refractivity contribution in [1.82, 2.24) is 9.62 Å². The Morgan fingerprint density at radius 2 is 1.89 bits per heavy atom. The van der Waals surface area contributed by atoms with Crippen LogP contribution < -0.4 is 10.1 Å². The molecule has 0 aromatic heterocycles. The molecule has 1 amide bonds. The van der Waals surface area contributed by atoms with Gasteiger partial charge in [-0.1, -0.05) is 17.7 Å². The quantitative estimate of drug-likeness (QED) is 0.697. The molecule has 2 aromatic carbocycles. The number of sulfonamides is 1. The molecule has 0 aliphatic rings. The molecule has 2 rings (SSSR count). The van der Waals surface area contributed by atoms with Crippen LogP contribution in [0.5, 0.6) is 5.75 Å². The van der Waals surface area contributed by atoms with E-state index in [4.69, 9.17) is 4.74 Å². The van der Waals surface area contributed by atoms with Crippen LogP contribution in [0.1, 0.15) is 21.5 Å². The number of carbonyl (C=O) groups is 1. The van der Waals surface area contributed by atoms with Crippen LogP contribution in [0.15, 0.2) is 45.8 Å². The number of hydrogen-bond donors (Lipinski definition) is 1. The standard InChI is InChI=1S/C19H23BrN2O4S/c1-13-5-8-17(26-4)14(11-13)9-10-21-19(23)15-6-7-16(20)18(12-15)27(24,25)22(2)3/h5-8,11-12H,9-10H2,1-4H3,(H,21,23). The maximum Gasteiger partial charge on any atom is 0.251 e. The summed E-state index contributed by atoms with van der Waals surface area (Å²) in [5.74, 6) is 0.446. The molecule has 0 radical (unpaired) electrons. The summed E-state index contributed by atoms with van der Waals surface area (Å²) < 4.78 is 31.6. The number of ether oxygens (including phenoxy) is 1. The fraction of sp³-hybridized carbons (Fsp3) is 0.316. The van der Waals surface area contributed by atoms with Gasteiger partial charge in [0.1, 0.15) is 5.75 Å². The lowest BCUT2D eigenvalue weighted by molar-refractivity contribution is 0.0954. The van der Waals surface area contributed by atoms with E-state index in [9.17, 15) is 13.2 Å². The highest BCUT2D eigenvalue weighted by Crippen LogP contribution is 2.25. The Morgan fingerprint density at radius 1 is 1.19 bits per heavy atom. The predicted octanol–water partition coefficient (Wildman–Crippen LogP) is 2.99. The van der Waals surface area contributed by atoms with Crippen LogP contribution >= 0.6 is 15.9 Å². The van der Waals surface area contributed by atoms with Gasteiger partial charge in [0, 0.05) is 30.7 Å². The lowest BCUT2D eigenvalue weighted by Crippen LogP contribution is -2.27. The summed E-state index contributed by atoms with van der Waals surface area (Å²) in [5.41, 5.74) is 2.41. The van der Waals surface area contributed by atoms with Crippen LogP contribution in [0.3, 0.4) is 0 Å². The highest BCUT2D eigenvalue weighted by molar-refractivity contribution is 9.10.